The first-order valence-corrected chi connectivity index (χ1v) is 13.1. The number of fused-ring (bicyclic) bond motifs is 1. The molecule has 0 radical (unpaired) electrons. The second-order valence-electron chi connectivity index (χ2n) is 8.34. The van der Waals surface area contributed by atoms with Crippen LogP contribution < -0.4 is 19.7 Å². The number of rotatable bonds is 6. The van der Waals surface area contributed by atoms with Gasteiger partial charge in [-0.25, -0.2) is 8.42 Å². The van der Waals surface area contributed by atoms with Gasteiger partial charge in [0, 0.05) is 13.0 Å². The number of hydrogen-bond acceptors (Lipinski definition) is 5. The molecular weight excluding hydrogens is 466 g/mol. The van der Waals surface area contributed by atoms with Gasteiger partial charge < -0.3 is 15.4 Å². The Hall–Kier alpha value is -3.85. The van der Waals surface area contributed by atoms with Gasteiger partial charge in [-0.1, -0.05) is 54.6 Å². The number of nitrogens with one attached hydrogen (secondary N) is 2. The Morgan fingerprint density at radius 3 is 2.37 bits per heavy atom. The van der Waals surface area contributed by atoms with Crippen LogP contribution in [0.5, 0.6) is 5.75 Å². The lowest BCUT2D eigenvalue weighted by Crippen LogP contribution is -2.36. The lowest BCUT2D eigenvalue weighted by atomic mass is 10.1. The zero-order chi connectivity index (χ0) is 25.0. The average molecular weight is 494 g/mol. The van der Waals surface area contributed by atoms with Gasteiger partial charge in [-0.3, -0.25) is 13.9 Å². The molecular formula is C26H27N3O5S. The number of nitrogens with zero attached hydrogens (tertiary/aromatic N) is 1. The Kier molecular flexibility index (Phi) is 7.07. The molecule has 8 nitrogen and oxygen atoms in total. The van der Waals surface area contributed by atoms with Crippen molar-refractivity contribution in [2.45, 2.75) is 25.5 Å². The summed E-state index contributed by atoms with van der Waals surface area (Å²) in [5, 5.41) is 5.75. The van der Waals surface area contributed by atoms with E-state index in [1.165, 1.54) is 4.31 Å². The minimum absolute atomic E-state index is 0.0880. The monoisotopic (exact) mass is 493 g/mol. The van der Waals surface area contributed by atoms with Crippen LogP contribution in [0.25, 0.3) is 0 Å². The van der Waals surface area contributed by atoms with E-state index in [4.69, 9.17) is 4.74 Å². The van der Waals surface area contributed by atoms with Gasteiger partial charge in [0.05, 0.1) is 29.2 Å². The molecule has 0 fully saturated rings. The van der Waals surface area contributed by atoms with Gasteiger partial charge in [-0.2, -0.15) is 0 Å². The first-order chi connectivity index (χ1) is 16.7. The fourth-order valence-electron chi connectivity index (χ4n) is 3.96. The Morgan fingerprint density at radius 1 is 0.971 bits per heavy atom. The molecule has 2 amide bonds. The molecule has 0 bridgehead atoms. The second-order valence-corrected chi connectivity index (χ2v) is 10.2. The van der Waals surface area contributed by atoms with Crippen molar-refractivity contribution in [2.75, 3.05) is 22.4 Å². The Morgan fingerprint density at radius 2 is 1.63 bits per heavy atom. The summed E-state index contributed by atoms with van der Waals surface area (Å²) < 4.78 is 31.8. The van der Waals surface area contributed by atoms with Gasteiger partial charge in [0.2, 0.25) is 10.0 Å². The molecule has 4 rings (SSSR count). The molecule has 0 unspecified atom stereocenters. The van der Waals surface area contributed by atoms with Crippen molar-refractivity contribution in [2.24, 2.45) is 0 Å². The van der Waals surface area contributed by atoms with Crippen LogP contribution in [0.4, 0.5) is 11.4 Å². The molecule has 3 aromatic rings. The maximum absolute atomic E-state index is 13.2. The highest BCUT2D eigenvalue weighted by Gasteiger charge is 2.31. The normalized spacial score (nSPS) is 16.3. The van der Waals surface area contributed by atoms with E-state index < -0.39 is 22.0 Å². The van der Waals surface area contributed by atoms with E-state index in [9.17, 15) is 18.0 Å². The minimum Gasteiger partial charge on any atom is -0.478 e. The number of amides is 2. The van der Waals surface area contributed by atoms with Crippen LogP contribution in [0.1, 0.15) is 35.3 Å². The van der Waals surface area contributed by atoms with Gasteiger partial charge in [-0.05, 0) is 36.8 Å². The molecule has 35 heavy (non-hydrogen) atoms. The number of carbonyl (C=O) groups is 2. The van der Waals surface area contributed by atoms with Gasteiger partial charge in [0.15, 0.2) is 6.10 Å². The van der Waals surface area contributed by atoms with E-state index in [0.717, 1.165) is 11.8 Å². The van der Waals surface area contributed by atoms with E-state index in [-0.39, 0.29) is 24.9 Å². The third kappa shape index (κ3) is 5.63. The standard InChI is InChI=1S/C26H27N3O5S/c1-18(19-10-4-3-5-11-19)27-25(30)20-12-6-7-13-21(20)28-26(31)24-16-17-29(35(2,32)33)22-14-8-9-15-23(22)34-24/h3-15,18,24H,16-17H2,1-2H3,(H,27,30)(H,28,31)/t18-,24+/m0/s1. The van der Waals surface area contributed by atoms with E-state index in [1.54, 1.807) is 48.5 Å². The zero-order valence-electron chi connectivity index (χ0n) is 19.5. The first-order valence-electron chi connectivity index (χ1n) is 11.2. The third-order valence-corrected chi connectivity index (χ3v) is 6.95. The fourth-order valence-corrected chi connectivity index (χ4v) is 4.91. The highest BCUT2D eigenvalue weighted by atomic mass is 32.2. The van der Waals surface area contributed by atoms with Crippen LogP contribution in [0.3, 0.4) is 0 Å². The highest BCUT2D eigenvalue weighted by molar-refractivity contribution is 7.92. The lowest BCUT2D eigenvalue weighted by Gasteiger charge is -2.20. The number of sulfonamides is 1. The third-order valence-electron chi connectivity index (χ3n) is 5.77. The zero-order valence-corrected chi connectivity index (χ0v) is 20.3. The molecule has 0 saturated carbocycles. The van der Waals surface area contributed by atoms with Crippen LogP contribution in [0.2, 0.25) is 0 Å². The van der Waals surface area contributed by atoms with Gasteiger partial charge in [-0.15, -0.1) is 0 Å². The van der Waals surface area contributed by atoms with Gasteiger partial charge in [0.25, 0.3) is 11.8 Å². The largest absolute Gasteiger partial charge is 0.478 e. The number of carbonyl (C=O) groups excluding carboxylic acids is 2. The van der Waals surface area contributed by atoms with Crippen molar-refractivity contribution in [1.29, 1.82) is 0 Å². The summed E-state index contributed by atoms with van der Waals surface area (Å²) >= 11 is 0. The second kappa shape index (κ2) is 10.2. The maximum atomic E-state index is 13.2. The topological polar surface area (TPSA) is 105 Å². The minimum atomic E-state index is -3.55. The predicted molar refractivity (Wildman–Crippen MR) is 135 cm³/mol. The molecule has 0 spiro atoms. The summed E-state index contributed by atoms with van der Waals surface area (Å²) in [6, 6.07) is 22.8. The number of hydrogen-bond donors (Lipinski definition) is 2. The first kappa shape index (κ1) is 24.3. The van der Waals surface area contributed by atoms with Crippen molar-refractivity contribution >= 4 is 33.2 Å². The predicted octanol–water partition coefficient (Wildman–Crippen LogP) is 3.73. The van der Waals surface area contributed by atoms with Crippen molar-refractivity contribution < 1.29 is 22.7 Å². The molecule has 182 valence electrons. The molecule has 1 aliphatic heterocycles. The maximum Gasteiger partial charge on any atom is 0.265 e. The van der Waals surface area contributed by atoms with Crippen LogP contribution in [0, 0.1) is 0 Å². The van der Waals surface area contributed by atoms with E-state index in [2.05, 4.69) is 10.6 Å². The summed E-state index contributed by atoms with van der Waals surface area (Å²) in [6.45, 7) is 1.98. The van der Waals surface area contributed by atoms with Gasteiger partial charge in [0.1, 0.15) is 5.75 Å². The summed E-state index contributed by atoms with van der Waals surface area (Å²) in [6.07, 6.45) is 0.324. The van der Waals surface area contributed by atoms with E-state index in [1.807, 2.05) is 37.3 Å². The lowest BCUT2D eigenvalue weighted by molar-refractivity contribution is -0.122. The van der Waals surface area contributed by atoms with Crippen molar-refractivity contribution in [3.8, 4) is 5.75 Å². The molecule has 0 aliphatic carbocycles. The molecule has 0 aromatic heterocycles. The highest BCUT2D eigenvalue weighted by Crippen LogP contribution is 2.34. The molecule has 2 N–H and O–H groups in total. The summed E-state index contributed by atoms with van der Waals surface area (Å²) in [5.41, 5.74) is 2.01. The quantitative estimate of drug-likeness (QED) is 0.544. The smallest absolute Gasteiger partial charge is 0.265 e. The van der Waals surface area contributed by atoms with Crippen molar-refractivity contribution in [3.63, 3.8) is 0 Å². The Bertz CT molecular complexity index is 1330. The summed E-state index contributed by atoms with van der Waals surface area (Å²) in [5.74, 6) is -0.488. The van der Waals surface area contributed by atoms with Crippen LogP contribution in [-0.4, -0.2) is 39.1 Å². The number of anilines is 2. The summed E-state index contributed by atoms with van der Waals surface area (Å²) in [4.78, 5) is 26.2. The van der Waals surface area contributed by atoms with Gasteiger partial charge >= 0.3 is 0 Å². The number of ether oxygens (including phenoxy) is 1. The number of para-hydroxylation sites is 3. The summed E-state index contributed by atoms with van der Waals surface area (Å²) in [7, 11) is -3.55. The molecule has 2 atom stereocenters. The van der Waals surface area contributed by atoms with Crippen LogP contribution in [-0.2, 0) is 14.8 Å². The van der Waals surface area contributed by atoms with Crippen molar-refractivity contribution in [3.05, 3.63) is 90.0 Å². The van der Waals surface area contributed by atoms with Crippen LogP contribution in [0.15, 0.2) is 78.9 Å². The van der Waals surface area contributed by atoms with Crippen molar-refractivity contribution in [1.82, 2.24) is 5.32 Å². The number of benzene rings is 3. The van der Waals surface area contributed by atoms with Crippen LogP contribution >= 0.6 is 0 Å². The molecule has 9 heteroatoms. The average Bonchev–Trinajstić information content (AvgIpc) is 3.05. The fraction of sp³-hybridized carbons (Fsp3) is 0.231. The molecule has 0 saturated heterocycles. The Balaban J connectivity index is 1.52. The SMILES string of the molecule is C[C@H](NC(=O)c1ccccc1NC(=O)[C@H]1CCN(S(C)(=O)=O)c2ccccc2O1)c1ccccc1. The van der Waals surface area contributed by atoms with E-state index >= 15 is 0 Å². The molecule has 1 heterocycles. The molecule has 1 aliphatic rings. The van der Waals surface area contributed by atoms with E-state index in [0.29, 0.717) is 22.7 Å². The molecule has 3 aromatic carbocycles. The Labute approximate surface area is 205 Å².